The quantitative estimate of drug-likeness (QED) is 0.888. The van der Waals surface area contributed by atoms with Crippen molar-refractivity contribution in [2.24, 2.45) is 5.92 Å². The smallest absolute Gasteiger partial charge is 0.254 e. The predicted octanol–water partition coefficient (Wildman–Crippen LogP) is 2.74. The summed E-state index contributed by atoms with van der Waals surface area (Å²) in [5.74, 6) is -0.237. The van der Waals surface area contributed by atoms with Crippen LogP contribution in [0.2, 0.25) is 10.0 Å². The second-order valence-electron chi connectivity index (χ2n) is 4.10. The number of carbonyl (C=O) groups excluding carboxylic acids is 1. The molecule has 0 aromatic heterocycles. The van der Waals surface area contributed by atoms with Crippen LogP contribution in [0.15, 0.2) is 18.2 Å². The number of aliphatic hydroxyl groups excluding tert-OH is 1. The summed E-state index contributed by atoms with van der Waals surface area (Å²) in [6.07, 6.45) is 0. The van der Waals surface area contributed by atoms with Crippen LogP contribution in [-0.4, -0.2) is 23.7 Å². The fourth-order valence-electron chi connectivity index (χ4n) is 1.38. The van der Waals surface area contributed by atoms with Gasteiger partial charge in [-0.3, -0.25) is 4.79 Å². The highest BCUT2D eigenvalue weighted by Crippen LogP contribution is 2.24. The highest BCUT2D eigenvalue weighted by Gasteiger charge is 2.19. The van der Waals surface area contributed by atoms with Crippen molar-refractivity contribution in [2.45, 2.75) is 19.9 Å². The fraction of sp³-hybridized carbons (Fsp3) is 0.417. The average molecular weight is 276 g/mol. The molecule has 1 aromatic rings. The van der Waals surface area contributed by atoms with Gasteiger partial charge in [0.05, 0.1) is 28.3 Å². The Morgan fingerprint density at radius 2 is 1.88 bits per heavy atom. The number of hydrogen-bond acceptors (Lipinski definition) is 2. The maximum atomic E-state index is 12.0. The first kappa shape index (κ1) is 14.3. The maximum absolute atomic E-state index is 12.0. The number of aliphatic hydroxyl groups is 1. The molecule has 0 saturated heterocycles. The summed E-state index contributed by atoms with van der Waals surface area (Å²) in [5, 5.41) is 12.5. The molecule has 0 radical (unpaired) electrons. The fourth-order valence-corrected chi connectivity index (χ4v) is 1.95. The Balaban J connectivity index is 2.90. The molecule has 0 unspecified atom stereocenters. The minimum Gasteiger partial charge on any atom is -0.394 e. The number of carbonyl (C=O) groups is 1. The molecule has 0 bridgehead atoms. The van der Waals surface area contributed by atoms with Crippen molar-refractivity contribution in [3.05, 3.63) is 33.8 Å². The zero-order chi connectivity index (χ0) is 13.0. The second kappa shape index (κ2) is 6.24. The largest absolute Gasteiger partial charge is 0.394 e. The van der Waals surface area contributed by atoms with E-state index in [9.17, 15) is 4.79 Å². The minimum absolute atomic E-state index is 0.120. The average Bonchev–Trinajstić information content (AvgIpc) is 2.25. The van der Waals surface area contributed by atoms with Gasteiger partial charge in [0.1, 0.15) is 0 Å². The summed E-state index contributed by atoms with van der Waals surface area (Å²) in [6.45, 7) is 3.70. The van der Waals surface area contributed by atoms with Crippen LogP contribution in [0, 0.1) is 5.92 Å². The Labute approximate surface area is 111 Å². The van der Waals surface area contributed by atoms with Crippen LogP contribution in [0.25, 0.3) is 0 Å². The lowest BCUT2D eigenvalue weighted by Gasteiger charge is -2.20. The summed E-state index contributed by atoms with van der Waals surface area (Å²) in [5.41, 5.74) is 0.245. The number of benzene rings is 1. The molecule has 0 saturated carbocycles. The van der Waals surface area contributed by atoms with Crippen LogP contribution in [0.3, 0.4) is 0 Å². The molecule has 0 fully saturated rings. The van der Waals surface area contributed by atoms with Crippen molar-refractivity contribution in [3.63, 3.8) is 0 Å². The number of amides is 1. The molecular formula is C12H15Cl2NO2. The standard InChI is InChI=1S/C12H15Cl2NO2/c1-7(2)10(6-16)15-12(17)11-8(13)4-3-5-9(11)14/h3-5,7,10,16H,6H2,1-2H3,(H,15,17)/t10-/m1/s1. The molecule has 1 atom stereocenters. The lowest BCUT2D eigenvalue weighted by Crippen LogP contribution is -2.41. The van der Waals surface area contributed by atoms with E-state index in [1.54, 1.807) is 18.2 Å². The van der Waals surface area contributed by atoms with Gasteiger partial charge in [-0.2, -0.15) is 0 Å². The normalized spacial score (nSPS) is 12.6. The summed E-state index contributed by atoms with van der Waals surface area (Å²) in [6, 6.07) is 4.57. The van der Waals surface area contributed by atoms with Crippen molar-refractivity contribution in [1.29, 1.82) is 0 Å². The number of halogens is 2. The molecular weight excluding hydrogens is 261 g/mol. The van der Waals surface area contributed by atoms with Crippen LogP contribution in [0.1, 0.15) is 24.2 Å². The first-order chi connectivity index (χ1) is 7.97. The van der Waals surface area contributed by atoms with Gasteiger partial charge in [0.2, 0.25) is 0 Å². The highest BCUT2D eigenvalue weighted by atomic mass is 35.5. The van der Waals surface area contributed by atoms with Gasteiger partial charge in [-0.05, 0) is 18.1 Å². The van der Waals surface area contributed by atoms with E-state index in [4.69, 9.17) is 28.3 Å². The van der Waals surface area contributed by atoms with Gasteiger partial charge in [0, 0.05) is 0 Å². The number of hydrogen-bond donors (Lipinski definition) is 2. The third-order valence-corrected chi connectivity index (χ3v) is 3.14. The third-order valence-electron chi connectivity index (χ3n) is 2.51. The van der Waals surface area contributed by atoms with E-state index in [1.807, 2.05) is 13.8 Å². The van der Waals surface area contributed by atoms with E-state index < -0.39 is 0 Å². The molecule has 3 nitrogen and oxygen atoms in total. The van der Waals surface area contributed by atoms with Gasteiger partial charge in [0.15, 0.2) is 0 Å². The van der Waals surface area contributed by atoms with E-state index >= 15 is 0 Å². The Morgan fingerprint density at radius 3 is 2.29 bits per heavy atom. The molecule has 17 heavy (non-hydrogen) atoms. The van der Waals surface area contributed by atoms with Crippen LogP contribution in [-0.2, 0) is 0 Å². The van der Waals surface area contributed by atoms with Gasteiger partial charge < -0.3 is 10.4 Å². The summed E-state index contributed by atoms with van der Waals surface area (Å²) < 4.78 is 0. The summed E-state index contributed by atoms with van der Waals surface area (Å²) in [4.78, 5) is 12.0. The van der Waals surface area contributed by atoms with Gasteiger partial charge in [0.25, 0.3) is 5.91 Å². The Kier molecular flexibility index (Phi) is 5.25. The Hall–Kier alpha value is -0.770. The molecule has 0 aliphatic heterocycles. The van der Waals surface area contributed by atoms with E-state index in [1.165, 1.54) is 0 Å². The van der Waals surface area contributed by atoms with Crippen molar-refractivity contribution in [3.8, 4) is 0 Å². The lowest BCUT2D eigenvalue weighted by atomic mass is 10.0. The Morgan fingerprint density at radius 1 is 1.35 bits per heavy atom. The number of nitrogens with one attached hydrogen (secondary N) is 1. The molecule has 1 amide bonds. The summed E-state index contributed by atoms with van der Waals surface area (Å²) >= 11 is 11.8. The second-order valence-corrected chi connectivity index (χ2v) is 4.92. The molecule has 5 heteroatoms. The van der Waals surface area contributed by atoms with Crippen molar-refractivity contribution >= 4 is 29.1 Å². The molecule has 1 aromatic carbocycles. The van der Waals surface area contributed by atoms with Crippen LogP contribution >= 0.6 is 23.2 Å². The number of rotatable bonds is 4. The van der Waals surface area contributed by atoms with Crippen molar-refractivity contribution in [1.82, 2.24) is 5.32 Å². The lowest BCUT2D eigenvalue weighted by molar-refractivity contribution is 0.0897. The molecule has 2 N–H and O–H groups in total. The van der Waals surface area contributed by atoms with Crippen LogP contribution in [0.4, 0.5) is 0 Å². The topological polar surface area (TPSA) is 49.3 Å². The maximum Gasteiger partial charge on any atom is 0.254 e. The molecule has 94 valence electrons. The molecule has 0 aliphatic rings. The van der Waals surface area contributed by atoms with Crippen LogP contribution < -0.4 is 5.32 Å². The van der Waals surface area contributed by atoms with E-state index in [-0.39, 0.29) is 30.0 Å². The minimum atomic E-state index is -0.367. The zero-order valence-electron chi connectivity index (χ0n) is 9.71. The molecule has 0 spiro atoms. The monoisotopic (exact) mass is 275 g/mol. The molecule has 0 heterocycles. The van der Waals surface area contributed by atoms with Crippen molar-refractivity contribution < 1.29 is 9.90 Å². The third kappa shape index (κ3) is 3.60. The van der Waals surface area contributed by atoms with Gasteiger partial charge in [-0.15, -0.1) is 0 Å². The SMILES string of the molecule is CC(C)[C@@H](CO)NC(=O)c1c(Cl)cccc1Cl. The van der Waals surface area contributed by atoms with E-state index in [2.05, 4.69) is 5.32 Å². The highest BCUT2D eigenvalue weighted by molar-refractivity contribution is 6.39. The van der Waals surface area contributed by atoms with Gasteiger partial charge in [-0.25, -0.2) is 0 Å². The molecule has 1 rings (SSSR count). The van der Waals surface area contributed by atoms with Crippen LogP contribution in [0.5, 0.6) is 0 Å². The zero-order valence-corrected chi connectivity index (χ0v) is 11.2. The van der Waals surface area contributed by atoms with E-state index in [0.29, 0.717) is 10.0 Å². The Bertz CT molecular complexity index is 387. The first-order valence-electron chi connectivity index (χ1n) is 5.33. The molecule has 0 aliphatic carbocycles. The van der Waals surface area contributed by atoms with Gasteiger partial charge >= 0.3 is 0 Å². The van der Waals surface area contributed by atoms with Crippen molar-refractivity contribution in [2.75, 3.05) is 6.61 Å². The van der Waals surface area contributed by atoms with E-state index in [0.717, 1.165) is 0 Å². The summed E-state index contributed by atoms with van der Waals surface area (Å²) in [7, 11) is 0. The first-order valence-corrected chi connectivity index (χ1v) is 6.08. The predicted molar refractivity (Wildman–Crippen MR) is 69.6 cm³/mol. The van der Waals surface area contributed by atoms with Gasteiger partial charge in [-0.1, -0.05) is 43.1 Å².